The van der Waals surface area contributed by atoms with E-state index < -0.39 is 26.6 Å². The fourth-order valence-corrected chi connectivity index (χ4v) is 4.34. The van der Waals surface area contributed by atoms with Gasteiger partial charge < -0.3 is 0 Å². The molecule has 1 saturated carbocycles. The van der Waals surface area contributed by atoms with Crippen LogP contribution in [0, 0.1) is 23.5 Å². The van der Waals surface area contributed by atoms with Gasteiger partial charge in [0.2, 0.25) is 10.0 Å². The molecule has 1 aromatic carbocycles. The molecule has 1 aliphatic rings. The molecule has 0 amide bonds. The van der Waals surface area contributed by atoms with Crippen LogP contribution in [0.15, 0.2) is 21.5 Å². The highest BCUT2D eigenvalue weighted by molar-refractivity contribution is 9.10. The Kier molecular flexibility index (Phi) is 3.99. The maximum absolute atomic E-state index is 13.7. The van der Waals surface area contributed by atoms with E-state index in [4.69, 9.17) is 0 Å². The number of hydrogen-bond donors (Lipinski definition) is 0. The summed E-state index contributed by atoms with van der Waals surface area (Å²) in [6.07, 6.45) is 0.979. The third kappa shape index (κ3) is 2.98. The first kappa shape index (κ1) is 14.9. The lowest BCUT2D eigenvalue weighted by atomic mass is 10.3. The van der Waals surface area contributed by atoms with Gasteiger partial charge in [-0.3, -0.25) is 0 Å². The summed E-state index contributed by atoms with van der Waals surface area (Å²) in [6.45, 7) is 2.40. The van der Waals surface area contributed by atoms with E-state index in [2.05, 4.69) is 15.9 Å². The molecule has 2 atom stereocenters. The van der Waals surface area contributed by atoms with Gasteiger partial charge in [-0.05, 0) is 40.3 Å². The van der Waals surface area contributed by atoms with Crippen LogP contribution in [0.25, 0.3) is 0 Å². The normalized spacial score (nSPS) is 22.8. The van der Waals surface area contributed by atoms with Gasteiger partial charge in [0.05, 0.1) is 0 Å². The topological polar surface area (TPSA) is 37.4 Å². The van der Waals surface area contributed by atoms with Gasteiger partial charge >= 0.3 is 0 Å². The highest BCUT2D eigenvalue weighted by Gasteiger charge is 2.37. The summed E-state index contributed by atoms with van der Waals surface area (Å²) in [6, 6.07) is 1.52. The Labute approximate surface area is 119 Å². The van der Waals surface area contributed by atoms with Gasteiger partial charge in [-0.1, -0.05) is 6.92 Å². The van der Waals surface area contributed by atoms with E-state index in [0.29, 0.717) is 24.4 Å². The highest BCUT2D eigenvalue weighted by Crippen LogP contribution is 2.39. The first-order valence-electron chi connectivity index (χ1n) is 5.84. The van der Waals surface area contributed by atoms with Crippen molar-refractivity contribution in [1.82, 2.24) is 4.31 Å². The van der Waals surface area contributed by atoms with Crippen molar-refractivity contribution >= 4 is 26.0 Å². The number of halogens is 3. The molecule has 0 spiro atoms. The molecule has 1 fully saturated rings. The average molecular weight is 354 g/mol. The van der Waals surface area contributed by atoms with Crippen molar-refractivity contribution in [1.29, 1.82) is 0 Å². The standard InChI is InChI=1S/C12H14BrF2NO2S/c1-7-3-8(7)6-16(2)19(17,18)12-10(13)4-9(14)5-11(12)15/h4-5,7-8H,3,6H2,1-2H3. The van der Waals surface area contributed by atoms with Gasteiger partial charge in [-0.2, -0.15) is 0 Å². The zero-order valence-electron chi connectivity index (χ0n) is 10.5. The predicted molar refractivity (Wildman–Crippen MR) is 71.1 cm³/mol. The molecule has 0 saturated heterocycles. The number of benzene rings is 1. The van der Waals surface area contributed by atoms with E-state index in [9.17, 15) is 17.2 Å². The molecule has 1 aromatic rings. The predicted octanol–water partition coefficient (Wildman–Crippen LogP) is 3.00. The summed E-state index contributed by atoms with van der Waals surface area (Å²) in [7, 11) is -2.54. The van der Waals surface area contributed by atoms with Crippen LogP contribution in [0.3, 0.4) is 0 Å². The second-order valence-electron chi connectivity index (χ2n) is 4.96. The van der Waals surface area contributed by atoms with E-state index in [1.165, 1.54) is 7.05 Å². The van der Waals surface area contributed by atoms with E-state index in [1.54, 1.807) is 0 Å². The molecule has 0 heterocycles. The highest BCUT2D eigenvalue weighted by atomic mass is 79.9. The van der Waals surface area contributed by atoms with Gasteiger partial charge in [0, 0.05) is 24.1 Å². The van der Waals surface area contributed by atoms with Gasteiger partial charge in [-0.25, -0.2) is 21.5 Å². The Morgan fingerprint density at radius 1 is 1.42 bits per heavy atom. The molecule has 0 aromatic heterocycles. The van der Waals surface area contributed by atoms with Gasteiger partial charge in [0.1, 0.15) is 16.5 Å². The summed E-state index contributed by atoms with van der Waals surface area (Å²) < 4.78 is 52.3. The van der Waals surface area contributed by atoms with Crippen molar-refractivity contribution in [2.24, 2.45) is 11.8 Å². The van der Waals surface area contributed by atoms with Gasteiger partial charge in [-0.15, -0.1) is 0 Å². The van der Waals surface area contributed by atoms with Crippen LogP contribution in [-0.2, 0) is 10.0 Å². The maximum atomic E-state index is 13.7. The lowest BCUT2D eigenvalue weighted by Gasteiger charge is -2.18. The quantitative estimate of drug-likeness (QED) is 0.834. The minimum absolute atomic E-state index is 0.0966. The van der Waals surface area contributed by atoms with Gasteiger partial charge in [0.25, 0.3) is 0 Å². The van der Waals surface area contributed by atoms with Crippen molar-refractivity contribution in [3.63, 3.8) is 0 Å². The Hall–Kier alpha value is -0.530. The SMILES string of the molecule is CC1CC1CN(C)S(=O)(=O)c1c(F)cc(F)cc1Br. The summed E-state index contributed by atoms with van der Waals surface area (Å²) in [5, 5.41) is 0. The van der Waals surface area contributed by atoms with Crippen molar-refractivity contribution in [3.8, 4) is 0 Å². The molecule has 2 rings (SSSR count). The fourth-order valence-electron chi connectivity index (χ4n) is 2.01. The van der Waals surface area contributed by atoms with E-state index in [0.717, 1.165) is 16.8 Å². The summed E-state index contributed by atoms with van der Waals surface area (Å²) in [5.74, 6) is -1.08. The van der Waals surface area contributed by atoms with E-state index >= 15 is 0 Å². The van der Waals surface area contributed by atoms with Crippen LogP contribution in [0.4, 0.5) is 8.78 Å². The third-order valence-corrected chi connectivity index (χ3v) is 6.19. The lowest BCUT2D eigenvalue weighted by Crippen LogP contribution is -2.30. The minimum Gasteiger partial charge on any atom is -0.207 e. The van der Waals surface area contributed by atoms with Crippen molar-refractivity contribution in [2.75, 3.05) is 13.6 Å². The molecule has 106 valence electrons. The molecule has 3 nitrogen and oxygen atoms in total. The zero-order valence-corrected chi connectivity index (χ0v) is 12.9. The molecule has 7 heteroatoms. The zero-order chi connectivity index (χ0) is 14.4. The van der Waals surface area contributed by atoms with Crippen molar-refractivity contribution in [3.05, 3.63) is 28.2 Å². The molecular formula is C12H14BrF2NO2S. The van der Waals surface area contributed by atoms with Crippen molar-refractivity contribution in [2.45, 2.75) is 18.2 Å². The van der Waals surface area contributed by atoms with Crippen LogP contribution >= 0.6 is 15.9 Å². The van der Waals surface area contributed by atoms with E-state index in [-0.39, 0.29) is 4.47 Å². The number of hydrogen-bond acceptors (Lipinski definition) is 2. The minimum atomic E-state index is -3.95. The lowest BCUT2D eigenvalue weighted by molar-refractivity contribution is 0.438. The molecule has 2 unspecified atom stereocenters. The second kappa shape index (κ2) is 5.10. The summed E-state index contributed by atoms with van der Waals surface area (Å²) >= 11 is 2.91. The van der Waals surface area contributed by atoms with Crippen LogP contribution in [0.5, 0.6) is 0 Å². The van der Waals surface area contributed by atoms with Gasteiger partial charge in [0.15, 0.2) is 0 Å². The molecule has 19 heavy (non-hydrogen) atoms. The van der Waals surface area contributed by atoms with E-state index in [1.807, 2.05) is 6.92 Å². The first-order chi connectivity index (χ1) is 8.73. The Balaban J connectivity index is 2.33. The Morgan fingerprint density at radius 3 is 2.47 bits per heavy atom. The molecule has 0 bridgehead atoms. The largest absolute Gasteiger partial charge is 0.246 e. The summed E-state index contributed by atoms with van der Waals surface area (Å²) in [4.78, 5) is -0.510. The van der Waals surface area contributed by atoms with Crippen LogP contribution in [-0.4, -0.2) is 26.3 Å². The number of sulfonamides is 1. The Bertz CT molecular complexity index is 583. The molecule has 1 aliphatic carbocycles. The van der Waals surface area contributed by atoms with Crippen LogP contribution in [0.1, 0.15) is 13.3 Å². The average Bonchev–Trinajstić information content (AvgIpc) is 2.91. The first-order valence-corrected chi connectivity index (χ1v) is 8.07. The maximum Gasteiger partial charge on any atom is 0.246 e. The Morgan fingerprint density at radius 2 is 2.00 bits per heavy atom. The van der Waals surface area contributed by atoms with Crippen LogP contribution < -0.4 is 0 Å². The number of rotatable bonds is 4. The molecule has 0 radical (unpaired) electrons. The molecule has 0 N–H and O–H groups in total. The smallest absolute Gasteiger partial charge is 0.207 e. The number of nitrogens with zero attached hydrogens (tertiary/aromatic N) is 1. The second-order valence-corrected chi connectivity index (χ2v) is 7.79. The van der Waals surface area contributed by atoms with Crippen LogP contribution in [0.2, 0.25) is 0 Å². The molecule has 0 aliphatic heterocycles. The fraction of sp³-hybridized carbons (Fsp3) is 0.500. The monoisotopic (exact) mass is 353 g/mol. The third-order valence-electron chi connectivity index (χ3n) is 3.40. The van der Waals surface area contributed by atoms with Crippen molar-refractivity contribution < 1.29 is 17.2 Å². The molecular weight excluding hydrogens is 340 g/mol. The summed E-state index contributed by atoms with van der Waals surface area (Å²) in [5.41, 5.74) is 0.